The second-order valence-corrected chi connectivity index (χ2v) is 6.82. The largest absolute Gasteiger partial charge is 0.341 e. The zero-order chi connectivity index (χ0) is 13.8. The lowest BCUT2D eigenvalue weighted by Crippen LogP contribution is -2.51. The molecule has 2 aliphatic heterocycles. The van der Waals surface area contributed by atoms with E-state index in [0.717, 1.165) is 38.0 Å². The van der Waals surface area contributed by atoms with Crippen LogP contribution in [0, 0.1) is 11.8 Å². The van der Waals surface area contributed by atoms with Crippen LogP contribution in [0.4, 0.5) is 0 Å². The molecule has 2 rings (SSSR count). The molecule has 0 aromatic carbocycles. The van der Waals surface area contributed by atoms with Crippen LogP contribution < -0.4 is 0 Å². The quantitative estimate of drug-likeness (QED) is 0.767. The first kappa shape index (κ1) is 14.8. The molecular weight excluding hydrogens is 236 g/mol. The number of nitrogens with zero attached hydrogens (tertiary/aromatic N) is 2. The third-order valence-corrected chi connectivity index (χ3v) is 4.72. The average Bonchev–Trinajstić information content (AvgIpc) is 2.64. The maximum absolute atomic E-state index is 12.6. The van der Waals surface area contributed by atoms with Gasteiger partial charge in [-0.2, -0.15) is 0 Å². The minimum Gasteiger partial charge on any atom is -0.341 e. The van der Waals surface area contributed by atoms with Gasteiger partial charge in [0.2, 0.25) is 5.91 Å². The summed E-state index contributed by atoms with van der Waals surface area (Å²) in [6.07, 6.45) is 6.25. The molecule has 2 fully saturated rings. The highest BCUT2D eigenvalue weighted by Gasteiger charge is 2.31. The Morgan fingerprint density at radius 1 is 1.00 bits per heavy atom. The van der Waals surface area contributed by atoms with Crippen LogP contribution in [0.1, 0.15) is 52.9 Å². The molecule has 0 radical (unpaired) electrons. The summed E-state index contributed by atoms with van der Waals surface area (Å²) in [7, 11) is 0. The summed E-state index contributed by atoms with van der Waals surface area (Å²) in [6, 6.07) is 0.0725. The van der Waals surface area contributed by atoms with E-state index in [9.17, 15) is 4.79 Å². The Bertz CT molecular complexity index is 287. The van der Waals surface area contributed by atoms with Crippen molar-refractivity contribution in [1.82, 2.24) is 9.80 Å². The van der Waals surface area contributed by atoms with Crippen molar-refractivity contribution in [1.29, 1.82) is 0 Å². The Balaban J connectivity index is 1.93. The van der Waals surface area contributed by atoms with Gasteiger partial charge in [0.15, 0.2) is 0 Å². The second kappa shape index (κ2) is 6.74. The SMILES string of the molecule is CC1CC(C)CN(C(C)C(=O)N2CCCCCC2)C1. The minimum absolute atomic E-state index is 0.0725. The zero-order valence-corrected chi connectivity index (χ0v) is 12.9. The predicted molar refractivity (Wildman–Crippen MR) is 79.0 cm³/mol. The molecule has 1 amide bonds. The van der Waals surface area contributed by atoms with Crippen LogP contribution in [0.15, 0.2) is 0 Å². The molecule has 3 nitrogen and oxygen atoms in total. The van der Waals surface area contributed by atoms with Crippen LogP contribution in [0.2, 0.25) is 0 Å². The molecule has 2 heterocycles. The van der Waals surface area contributed by atoms with Gasteiger partial charge in [-0.1, -0.05) is 26.7 Å². The topological polar surface area (TPSA) is 23.6 Å². The van der Waals surface area contributed by atoms with Crippen molar-refractivity contribution in [3.05, 3.63) is 0 Å². The Morgan fingerprint density at radius 3 is 2.05 bits per heavy atom. The predicted octanol–water partition coefficient (Wildman–Crippen LogP) is 2.76. The summed E-state index contributed by atoms with van der Waals surface area (Å²) >= 11 is 0. The molecule has 0 saturated carbocycles. The highest BCUT2D eigenvalue weighted by molar-refractivity contribution is 5.81. The first-order valence-electron chi connectivity index (χ1n) is 8.10. The van der Waals surface area contributed by atoms with E-state index in [0.29, 0.717) is 5.91 Å². The highest BCUT2D eigenvalue weighted by Crippen LogP contribution is 2.23. The second-order valence-electron chi connectivity index (χ2n) is 6.82. The van der Waals surface area contributed by atoms with E-state index >= 15 is 0 Å². The number of hydrogen-bond donors (Lipinski definition) is 0. The average molecular weight is 266 g/mol. The molecule has 0 aromatic rings. The van der Waals surface area contributed by atoms with Crippen molar-refractivity contribution in [2.45, 2.75) is 58.9 Å². The molecule has 110 valence electrons. The zero-order valence-electron chi connectivity index (χ0n) is 12.9. The molecule has 2 aliphatic rings. The lowest BCUT2D eigenvalue weighted by atomic mass is 9.91. The monoisotopic (exact) mass is 266 g/mol. The first-order chi connectivity index (χ1) is 9.08. The van der Waals surface area contributed by atoms with Gasteiger partial charge >= 0.3 is 0 Å². The number of rotatable bonds is 2. The smallest absolute Gasteiger partial charge is 0.239 e. The Labute approximate surface area is 118 Å². The Hall–Kier alpha value is -0.570. The van der Waals surface area contributed by atoms with Crippen molar-refractivity contribution < 1.29 is 4.79 Å². The minimum atomic E-state index is 0.0725. The molecule has 3 atom stereocenters. The van der Waals surface area contributed by atoms with Crippen molar-refractivity contribution >= 4 is 5.91 Å². The summed E-state index contributed by atoms with van der Waals surface area (Å²) in [5.41, 5.74) is 0. The van der Waals surface area contributed by atoms with E-state index in [2.05, 4.69) is 30.6 Å². The molecule has 0 bridgehead atoms. The standard InChI is InChI=1S/C16H30N2O/c1-13-10-14(2)12-18(11-13)15(3)16(19)17-8-6-4-5-7-9-17/h13-15H,4-12H2,1-3H3. The maximum atomic E-state index is 12.6. The van der Waals surface area contributed by atoms with E-state index < -0.39 is 0 Å². The van der Waals surface area contributed by atoms with E-state index in [1.807, 2.05) is 0 Å². The Morgan fingerprint density at radius 2 is 1.53 bits per heavy atom. The summed E-state index contributed by atoms with van der Waals surface area (Å²) in [4.78, 5) is 17.2. The van der Waals surface area contributed by atoms with Crippen LogP contribution in [0.25, 0.3) is 0 Å². The van der Waals surface area contributed by atoms with Crippen molar-refractivity contribution in [2.75, 3.05) is 26.2 Å². The fraction of sp³-hybridized carbons (Fsp3) is 0.938. The molecule has 3 unspecified atom stereocenters. The fourth-order valence-corrected chi connectivity index (χ4v) is 3.74. The van der Waals surface area contributed by atoms with Crippen molar-refractivity contribution in [2.24, 2.45) is 11.8 Å². The third kappa shape index (κ3) is 3.95. The maximum Gasteiger partial charge on any atom is 0.239 e. The molecule has 19 heavy (non-hydrogen) atoms. The summed E-state index contributed by atoms with van der Waals surface area (Å²) in [6.45, 7) is 10.9. The summed E-state index contributed by atoms with van der Waals surface area (Å²) in [5.74, 6) is 1.81. The van der Waals surface area contributed by atoms with Crippen LogP contribution in [-0.2, 0) is 4.79 Å². The van der Waals surface area contributed by atoms with Gasteiger partial charge in [-0.05, 0) is 38.0 Å². The van der Waals surface area contributed by atoms with Gasteiger partial charge in [-0.15, -0.1) is 0 Å². The highest BCUT2D eigenvalue weighted by atomic mass is 16.2. The van der Waals surface area contributed by atoms with Crippen LogP contribution >= 0.6 is 0 Å². The number of carbonyl (C=O) groups excluding carboxylic acids is 1. The van der Waals surface area contributed by atoms with E-state index in [1.54, 1.807) is 0 Å². The van der Waals surface area contributed by atoms with Gasteiger partial charge in [-0.25, -0.2) is 0 Å². The van der Waals surface area contributed by atoms with Crippen molar-refractivity contribution in [3.63, 3.8) is 0 Å². The van der Waals surface area contributed by atoms with E-state index in [-0.39, 0.29) is 6.04 Å². The summed E-state index contributed by atoms with van der Waals surface area (Å²) < 4.78 is 0. The number of piperidine rings is 1. The van der Waals surface area contributed by atoms with Gasteiger partial charge in [0.1, 0.15) is 0 Å². The van der Waals surface area contributed by atoms with Crippen molar-refractivity contribution in [3.8, 4) is 0 Å². The normalized spacial score (nSPS) is 31.8. The van der Waals surface area contributed by atoms with E-state index in [4.69, 9.17) is 0 Å². The number of hydrogen-bond acceptors (Lipinski definition) is 2. The molecule has 3 heteroatoms. The van der Waals surface area contributed by atoms with Gasteiger partial charge in [0, 0.05) is 26.2 Å². The fourth-order valence-electron chi connectivity index (χ4n) is 3.74. The van der Waals surface area contributed by atoms with Crippen LogP contribution in [0.5, 0.6) is 0 Å². The molecule has 0 N–H and O–H groups in total. The number of amides is 1. The molecule has 0 aromatic heterocycles. The van der Waals surface area contributed by atoms with Gasteiger partial charge < -0.3 is 4.90 Å². The lowest BCUT2D eigenvalue weighted by molar-refractivity contribution is -0.137. The molecule has 0 spiro atoms. The van der Waals surface area contributed by atoms with E-state index in [1.165, 1.54) is 32.1 Å². The molecular formula is C16H30N2O. The third-order valence-electron chi connectivity index (χ3n) is 4.72. The van der Waals surface area contributed by atoms with Crippen LogP contribution in [0.3, 0.4) is 0 Å². The van der Waals surface area contributed by atoms with Crippen LogP contribution in [-0.4, -0.2) is 47.9 Å². The number of carbonyl (C=O) groups is 1. The summed E-state index contributed by atoms with van der Waals surface area (Å²) in [5, 5.41) is 0. The van der Waals surface area contributed by atoms with Gasteiger partial charge in [0.05, 0.1) is 6.04 Å². The van der Waals surface area contributed by atoms with Gasteiger partial charge in [0.25, 0.3) is 0 Å². The number of likely N-dealkylation sites (tertiary alicyclic amines) is 2. The molecule has 2 saturated heterocycles. The Kier molecular flexibility index (Phi) is 5.26. The lowest BCUT2D eigenvalue weighted by Gasteiger charge is -2.39. The van der Waals surface area contributed by atoms with Gasteiger partial charge in [-0.3, -0.25) is 9.69 Å². The molecule has 0 aliphatic carbocycles. The first-order valence-corrected chi connectivity index (χ1v) is 8.10.